The van der Waals surface area contributed by atoms with Crippen LogP contribution in [0.2, 0.25) is 0 Å². The van der Waals surface area contributed by atoms with Gasteiger partial charge in [-0.15, -0.1) is 0 Å². The fourth-order valence-corrected chi connectivity index (χ4v) is 20.1. The van der Waals surface area contributed by atoms with E-state index in [0.29, 0.717) is 34.5 Å². The molecule has 4 heterocycles. The molecule has 4 bridgehead atoms. The first-order valence-electron chi connectivity index (χ1n) is 14.6. The maximum atomic E-state index is 2.55. The number of benzene rings is 2. The molecule has 0 saturated carbocycles. The third-order valence-electron chi connectivity index (χ3n) is 10.1. The third kappa shape index (κ3) is 3.94. The Morgan fingerprint density at radius 1 is 0.429 bits per heavy atom. The van der Waals surface area contributed by atoms with E-state index in [1.54, 1.807) is 22.3 Å². The molecule has 2 aromatic rings. The Hall–Kier alpha value is -0.0600. The summed E-state index contributed by atoms with van der Waals surface area (Å²) in [4.78, 5) is 5.87. The normalized spacial score (nSPS) is 33.4. The van der Waals surface area contributed by atoms with E-state index in [4.69, 9.17) is 0 Å². The van der Waals surface area contributed by atoms with Gasteiger partial charge in [0.2, 0.25) is 0 Å². The highest BCUT2D eigenvalue weighted by atomic mass is 32.3. The van der Waals surface area contributed by atoms with Crippen LogP contribution in [0.1, 0.15) is 86.5 Å². The lowest BCUT2D eigenvalue weighted by atomic mass is 9.59. The fraction of sp³-hybridized carbons (Fsp3) is 0.353. The van der Waals surface area contributed by atoms with Crippen molar-refractivity contribution in [3.05, 3.63) is 96.2 Å². The van der Waals surface area contributed by atoms with Crippen LogP contribution in [-0.2, 0) is 0 Å². The zero-order valence-electron chi connectivity index (χ0n) is 23.6. The van der Waals surface area contributed by atoms with Crippen LogP contribution in [0, 0.1) is 10.8 Å². The van der Waals surface area contributed by atoms with E-state index < -0.39 is 0 Å². The molecular formula is C34H28S8. The minimum absolute atomic E-state index is 0.359. The summed E-state index contributed by atoms with van der Waals surface area (Å²) >= 11 is 16.2. The maximum absolute atomic E-state index is 2.55. The molecule has 0 aromatic heterocycles. The lowest BCUT2D eigenvalue weighted by Crippen LogP contribution is -2.32. The van der Waals surface area contributed by atoms with E-state index in [-0.39, 0.29) is 0 Å². The van der Waals surface area contributed by atoms with Crippen LogP contribution in [0.4, 0.5) is 0 Å². The van der Waals surface area contributed by atoms with Crippen molar-refractivity contribution < 1.29 is 0 Å². The fourth-order valence-electron chi connectivity index (χ4n) is 8.06. The Morgan fingerprint density at radius 2 is 0.738 bits per heavy atom. The molecule has 212 valence electrons. The summed E-state index contributed by atoms with van der Waals surface area (Å²) in [5.41, 5.74) is 7.08. The summed E-state index contributed by atoms with van der Waals surface area (Å²) in [6, 6.07) is 10.2. The second kappa shape index (κ2) is 9.27. The predicted molar refractivity (Wildman–Crippen MR) is 194 cm³/mol. The summed E-state index contributed by atoms with van der Waals surface area (Å²) in [5, 5.41) is 0. The molecule has 0 spiro atoms. The molecule has 42 heavy (non-hydrogen) atoms. The quantitative estimate of drug-likeness (QED) is 0.247. The highest BCUT2D eigenvalue weighted by molar-refractivity contribution is 8.45. The molecule has 4 unspecified atom stereocenters. The van der Waals surface area contributed by atoms with Crippen molar-refractivity contribution in [1.29, 1.82) is 0 Å². The number of rotatable bonds is 0. The van der Waals surface area contributed by atoms with Crippen LogP contribution in [-0.4, -0.2) is 0 Å². The molecule has 8 heteroatoms. The summed E-state index contributed by atoms with van der Waals surface area (Å²) in [6.45, 7) is 9.82. The number of hydrogen-bond donors (Lipinski definition) is 0. The van der Waals surface area contributed by atoms with Crippen molar-refractivity contribution in [2.45, 2.75) is 83.8 Å². The number of allylic oxidation sites excluding steroid dienone is 4. The molecule has 0 radical (unpaired) electrons. The van der Waals surface area contributed by atoms with Crippen LogP contribution in [0.15, 0.2) is 93.6 Å². The summed E-state index contributed by atoms with van der Waals surface area (Å²) in [7, 11) is 0. The van der Waals surface area contributed by atoms with Gasteiger partial charge in [-0.25, -0.2) is 0 Å². The molecular weight excluding hydrogens is 665 g/mol. The van der Waals surface area contributed by atoms with Crippen LogP contribution in [0.25, 0.3) is 0 Å². The van der Waals surface area contributed by atoms with Crippen LogP contribution >= 0.6 is 94.1 Å². The lowest BCUT2D eigenvalue weighted by Gasteiger charge is -2.46. The SMILES string of the molecule is CC1(C)CC2C=CC1c1cc3c(cc12)SC1=C(SC(=C2SC4=C(S2)Sc2cc5c(cc2S4)C2C=CC5C(C)(C)C2)S1)S3. The van der Waals surface area contributed by atoms with Crippen molar-refractivity contribution in [2.24, 2.45) is 10.8 Å². The van der Waals surface area contributed by atoms with Gasteiger partial charge in [0.15, 0.2) is 0 Å². The minimum atomic E-state index is 0.359. The van der Waals surface area contributed by atoms with Gasteiger partial charge in [-0.1, -0.05) is 146 Å². The topological polar surface area (TPSA) is 0 Å². The molecule has 0 N–H and O–H groups in total. The number of thioether (sulfide) groups is 8. The highest BCUT2D eigenvalue weighted by Crippen LogP contribution is 2.72. The summed E-state index contributed by atoms with van der Waals surface area (Å²) < 4.78 is 8.93. The molecule has 0 saturated heterocycles. The first-order valence-corrected chi connectivity index (χ1v) is 21.1. The van der Waals surface area contributed by atoms with Crippen LogP contribution in [0.3, 0.4) is 0 Å². The van der Waals surface area contributed by atoms with Crippen molar-refractivity contribution >= 4 is 94.1 Å². The molecule has 4 atom stereocenters. The standard InChI is InChI=1S/C34H28S8/c1-33(2)13-15-5-7-21(33)19-11-25-23(9-17(15)19)35-27-29(37-25)41-31(39-27)32-40-28-30(42-32)38-26-12-20-18(10-24(26)36-28)16-6-8-22(20)34(3,4)14-16/h5-12,15-16,21-22H,13-14H2,1-4H3. The molecule has 0 amide bonds. The monoisotopic (exact) mass is 692 g/mol. The first-order chi connectivity index (χ1) is 20.2. The summed E-state index contributed by atoms with van der Waals surface area (Å²) in [6.07, 6.45) is 12.5. The van der Waals surface area contributed by atoms with Crippen molar-refractivity contribution in [2.75, 3.05) is 0 Å². The van der Waals surface area contributed by atoms with E-state index in [1.807, 2.05) is 94.1 Å². The van der Waals surface area contributed by atoms with E-state index in [0.717, 1.165) is 0 Å². The lowest BCUT2D eigenvalue weighted by molar-refractivity contribution is 0.250. The zero-order chi connectivity index (χ0) is 28.1. The minimum Gasteiger partial charge on any atom is -0.0803 e. The van der Waals surface area contributed by atoms with Gasteiger partial charge >= 0.3 is 0 Å². The van der Waals surface area contributed by atoms with Gasteiger partial charge in [0.05, 0.1) is 25.4 Å². The molecule has 4 aliphatic heterocycles. The predicted octanol–water partition coefficient (Wildman–Crippen LogP) is 13.5. The average Bonchev–Trinajstić information content (AvgIpc) is 3.55. The second-order valence-corrected chi connectivity index (χ2v) is 23.6. The van der Waals surface area contributed by atoms with Gasteiger partial charge < -0.3 is 0 Å². The van der Waals surface area contributed by atoms with Crippen molar-refractivity contribution in [3.8, 4) is 0 Å². The molecule has 6 aliphatic carbocycles. The van der Waals surface area contributed by atoms with E-state index in [1.165, 1.54) is 57.8 Å². The molecule has 10 aliphatic rings. The largest absolute Gasteiger partial charge is 0.0803 e. The van der Waals surface area contributed by atoms with Crippen LogP contribution in [0.5, 0.6) is 0 Å². The smallest absolute Gasteiger partial charge is 0.0718 e. The zero-order valence-corrected chi connectivity index (χ0v) is 30.1. The molecule has 0 fully saturated rings. The average molecular weight is 693 g/mol. The Morgan fingerprint density at radius 3 is 1.07 bits per heavy atom. The van der Waals surface area contributed by atoms with Crippen LogP contribution < -0.4 is 0 Å². The molecule has 0 nitrogen and oxygen atoms in total. The van der Waals surface area contributed by atoms with Gasteiger partial charge in [0, 0.05) is 43.3 Å². The molecule has 2 aromatic carbocycles. The Balaban J connectivity index is 0.900. The third-order valence-corrected chi connectivity index (χ3v) is 21.8. The van der Waals surface area contributed by atoms with E-state index in [2.05, 4.69) is 76.3 Å². The van der Waals surface area contributed by atoms with E-state index in [9.17, 15) is 0 Å². The molecule has 12 rings (SSSR count). The number of fused-ring (bicyclic) bond motifs is 4. The maximum Gasteiger partial charge on any atom is 0.0718 e. The van der Waals surface area contributed by atoms with Gasteiger partial charge in [0.25, 0.3) is 0 Å². The van der Waals surface area contributed by atoms with Crippen molar-refractivity contribution in [3.63, 3.8) is 0 Å². The van der Waals surface area contributed by atoms with Gasteiger partial charge in [-0.05, 0) is 70.2 Å². The Kier molecular flexibility index (Phi) is 5.98. The highest BCUT2D eigenvalue weighted by Gasteiger charge is 2.45. The second-order valence-electron chi connectivity index (χ2n) is 13.7. The van der Waals surface area contributed by atoms with Gasteiger partial charge in [0.1, 0.15) is 0 Å². The Labute approximate surface area is 282 Å². The van der Waals surface area contributed by atoms with E-state index >= 15 is 0 Å². The number of hydrogen-bond acceptors (Lipinski definition) is 8. The van der Waals surface area contributed by atoms with Gasteiger partial charge in [-0.2, -0.15) is 0 Å². The van der Waals surface area contributed by atoms with Gasteiger partial charge in [-0.3, -0.25) is 0 Å². The summed E-state index contributed by atoms with van der Waals surface area (Å²) in [5.74, 6) is 2.28. The first kappa shape index (κ1) is 27.1. The van der Waals surface area contributed by atoms with Crippen molar-refractivity contribution in [1.82, 2.24) is 0 Å². The Bertz CT molecular complexity index is 1690.